The number of carbonyl (C=O) groups is 2. The normalized spacial score (nSPS) is 10.9. The summed E-state index contributed by atoms with van der Waals surface area (Å²) >= 11 is 1.63. The number of hydrogen-bond donors (Lipinski definition) is 0. The first kappa shape index (κ1) is 24.6. The summed E-state index contributed by atoms with van der Waals surface area (Å²) in [4.78, 5) is 31.7. The van der Waals surface area contributed by atoms with E-state index in [0.29, 0.717) is 38.2 Å². The predicted molar refractivity (Wildman–Crippen MR) is 141 cm³/mol. The van der Waals surface area contributed by atoms with Crippen molar-refractivity contribution in [1.82, 2.24) is 9.80 Å². The van der Waals surface area contributed by atoms with Crippen LogP contribution in [0.2, 0.25) is 0 Å². The third-order valence-electron chi connectivity index (χ3n) is 5.88. The average Bonchev–Trinajstić information content (AvgIpc) is 3.41. The first-order valence-electron chi connectivity index (χ1n) is 11.7. The summed E-state index contributed by atoms with van der Waals surface area (Å²) in [5, 5.41) is 4.10. The second-order valence-electron chi connectivity index (χ2n) is 8.45. The molecule has 5 nitrogen and oxygen atoms in total. The number of thiophene rings is 1. The van der Waals surface area contributed by atoms with E-state index in [-0.39, 0.29) is 18.4 Å². The summed E-state index contributed by atoms with van der Waals surface area (Å²) in [6.45, 7) is 2.00. The molecule has 35 heavy (non-hydrogen) atoms. The zero-order valence-electron chi connectivity index (χ0n) is 19.9. The smallest absolute Gasteiger partial charge is 0.254 e. The highest BCUT2D eigenvalue weighted by Gasteiger charge is 2.23. The molecule has 0 N–H and O–H groups in total. The van der Waals surface area contributed by atoms with Gasteiger partial charge in [-0.2, -0.15) is 0 Å². The fourth-order valence-electron chi connectivity index (χ4n) is 4.05. The molecule has 0 fully saturated rings. The first-order chi connectivity index (χ1) is 17.1. The van der Waals surface area contributed by atoms with E-state index in [2.05, 4.69) is 0 Å². The number of benzene rings is 3. The standard InChI is InChI=1S/C29H30N2O3S/c1-34-17-8-16-30(29(33)26-15-14-24-11-5-6-12-25(24)19-26)22-28(32)31(21-27-13-7-18-35-27)20-23-9-3-2-4-10-23/h2-7,9-15,18-19H,8,16-17,20-22H2,1H3. The Morgan fingerprint density at radius 1 is 0.829 bits per heavy atom. The lowest BCUT2D eigenvalue weighted by Gasteiger charge is -2.28. The van der Waals surface area contributed by atoms with Crippen molar-refractivity contribution in [3.05, 3.63) is 106 Å². The van der Waals surface area contributed by atoms with Gasteiger partial charge < -0.3 is 14.5 Å². The van der Waals surface area contributed by atoms with Gasteiger partial charge in [0, 0.05) is 37.2 Å². The van der Waals surface area contributed by atoms with E-state index >= 15 is 0 Å². The van der Waals surface area contributed by atoms with Crippen molar-refractivity contribution >= 4 is 33.9 Å². The monoisotopic (exact) mass is 486 g/mol. The molecule has 4 rings (SSSR count). The van der Waals surface area contributed by atoms with E-state index < -0.39 is 0 Å². The molecule has 180 valence electrons. The number of rotatable bonds is 11. The second-order valence-corrected chi connectivity index (χ2v) is 9.48. The number of carbonyl (C=O) groups excluding carboxylic acids is 2. The summed E-state index contributed by atoms with van der Waals surface area (Å²) < 4.78 is 5.20. The SMILES string of the molecule is COCCCN(CC(=O)N(Cc1ccccc1)Cc1cccs1)C(=O)c1ccc2ccccc2c1. The van der Waals surface area contributed by atoms with Crippen LogP contribution in [0, 0.1) is 0 Å². The molecule has 6 heteroatoms. The summed E-state index contributed by atoms with van der Waals surface area (Å²) in [5.74, 6) is -0.218. The summed E-state index contributed by atoms with van der Waals surface area (Å²) in [7, 11) is 1.64. The quantitative estimate of drug-likeness (QED) is 0.259. The Hall–Kier alpha value is -3.48. The van der Waals surface area contributed by atoms with Crippen molar-refractivity contribution in [3.63, 3.8) is 0 Å². The molecule has 0 aliphatic carbocycles. The lowest BCUT2D eigenvalue weighted by molar-refractivity contribution is -0.133. The Bertz CT molecular complexity index is 1240. The highest BCUT2D eigenvalue weighted by molar-refractivity contribution is 7.09. The molecular formula is C29H30N2O3S. The molecule has 0 radical (unpaired) electrons. The van der Waals surface area contributed by atoms with Crippen LogP contribution in [-0.2, 0) is 22.6 Å². The van der Waals surface area contributed by atoms with Crippen LogP contribution in [0.25, 0.3) is 10.8 Å². The minimum Gasteiger partial charge on any atom is -0.385 e. The van der Waals surface area contributed by atoms with Crippen LogP contribution in [0.15, 0.2) is 90.3 Å². The number of nitrogens with zero attached hydrogens (tertiary/aromatic N) is 2. The summed E-state index contributed by atoms with van der Waals surface area (Å²) in [5.41, 5.74) is 1.64. The van der Waals surface area contributed by atoms with Crippen molar-refractivity contribution in [2.24, 2.45) is 0 Å². The maximum atomic E-state index is 13.6. The molecule has 2 amide bonds. The van der Waals surface area contributed by atoms with Crippen molar-refractivity contribution in [3.8, 4) is 0 Å². The molecule has 3 aromatic carbocycles. The molecule has 0 spiro atoms. The molecule has 0 saturated carbocycles. The van der Waals surface area contributed by atoms with Gasteiger partial charge >= 0.3 is 0 Å². The van der Waals surface area contributed by atoms with Crippen LogP contribution >= 0.6 is 11.3 Å². The number of methoxy groups -OCH3 is 1. The van der Waals surface area contributed by atoms with Crippen LogP contribution in [0.1, 0.15) is 27.2 Å². The molecule has 0 atom stereocenters. The van der Waals surface area contributed by atoms with Crippen LogP contribution < -0.4 is 0 Å². The van der Waals surface area contributed by atoms with Gasteiger partial charge in [0.2, 0.25) is 5.91 Å². The Labute approximate surface area is 210 Å². The van der Waals surface area contributed by atoms with E-state index in [1.165, 1.54) is 0 Å². The van der Waals surface area contributed by atoms with Crippen molar-refractivity contribution < 1.29 is 14.3 Å². The highest BCUT2D eigenvalue weighted by Crippen LogP contribution is 2.19. The maximum Gasteiger partial charge on any atom is 0.254 e. The third-order valence-corrected chi connectivity index (χ3v) is 6.74. The maximum absolute atomic E-state index is 13.6. The van der Waals surface area contributed by atoms with Crippen molar-refractivity contribution in [2.45, 2.75) is 19.5 Å². The summed E-state index contributed by atoms with van der Waals surface area (Å²) in [6.07, 6.45) is 0.659. The average molecular weight is 487 g/mol. The molecule has 0 saturated heterocycles. The number of ether oxygens (including phenoxy) is 1. The predicted octanol–water partition coefficient (Wildman–Crippen LogP) is 5.61. The Morgan fingerprint density at radius 2 is 1.60 bits per heavy atom. The van der Waals surface area contributed by atoms with Crippen molar-refractivity contribution in [2.75, 3.05) is 26.8 Å². The second kappa shape index (κ2) is 12.3. The zero-order valence-corrected chi connectivity index (χ0v) is 20.7. The minimum atomic E-state index is -0.143. The van der Waals surface area contributed by atoms with Gasteiger partial charge in [-0.05, 0) is 46.3 Å². The van der Waals surface area contributed by atoms with Crippen molar-refractivity contribution in [1.29, 1.82) is 0 Å². The van der Waals surface area contributed by atoms with Crippen LogP contribution in [0.5, 0.6) is 0 Å². The van der Waals surface area contributed by atoms with Gasteiger partial charge in [0.1, 0.15) is 6.54 Å². The van der Waals surface area contributed by atoms with Gasteiger partial charge in [-0.3, -0.25) is 9.59 Å². The number of fused-ring (bicyclic) bond motifs is 1. The first-order valence-corrected chi connectivity index (χ1v) is 12.6. The zero-order chi connectivity index (χ0) is 24.5. The van der Waals surface area contributed by atoms with Gasteiger partial charge in [0.25, 0.3) is 5.91 Å². The minimum absolute atomic E-state index is 0.0214. The fourth-order valence-corrected chi connectivity index (χ4v) is 4.77. The van der Waals surface area contributed by atoms with Gasteiger partial charge in [-0.15, -0.1) is 11.3 Å². The molecule has 0 bridgehead atoms. The molecule has 1 aromatic heterocycles. The Kier molecular flexibility index (Phi) is 8.65. The topological polar surface area (TPSA) is 49.9 Å². The molecule has 0 unspecified atom stereocenters. The van der Waals surface area contributed by atoms with E-state index in [9.17, 15) is 9.59 Å². The molecular weight excluding hydrogens is 456 g/mol. The van der Waals surface area contributed by atoms with Gasteiger partial charge in [0.05, 0.1) is 6.54 Å². The molecule has 1 heterocycles. The van der Waals surface area contributed by atoms with Gasteiger partial charge in [-0.1, -0.05) is 66.7 Å². The van der Waals surface area contributed by atoms with Crippen LogP contribution in [-0.4, -0.2) is 48.4 Å². The third kappa shape index (κ3) is 6.78. The van der Waals surface area contributed by atoms with Crippen LogP contribution in [0.4, 0.5) is 0 Å². The van der Waals surface area contributed by atoms with E-state index in [1.807, 2.05) is 95.2 Å². The summed E-state index contributed by atoms with van der Waals surface area (Å²) in [6, 6.07) is 27.6. The largest absolute Gasteiger partial charge is 0.385 e. The molecule has 4 aromatic rings. The van der Waals surface area contributed by atoms with E-state index in [4.69, 9.17) is 4.74 Å². The molecule has 0 aliphatic rings. The Morgan fingerprint density at radius 3 is 2.34 bits per heavy atom. The van der Waals surface area contributed by atoms with Crippen LogP contribution in [0.3, 0.4) is 0 Å². The Balaban J connectivity index is 1.55. The lowest BCUT2D eigenvalue weighted by Crippen LogP contribution is -2.43. The van der Waals surface area contributed by atoms with Gasteiger partial charge in [0.15, 0.2) is 0 Å². The molecule has 0 aliphatic heterocycles. The van der Waals surface area contributed by atoms with E-state index in [1.54, 1.807) is 23.3 Å². The van der Waals surface area contributed by atoms with Gasteiger partial charge in [-0.25, -0.2) is 0 Å². The number of hydrogen-bond acceptors (Lipinski definition) is 4. The fraction of sp³-hybridized carbons (Fsp3) is 0.241. The number of amides is 2. The lowest BCUT2D eigenvalue weighted by atomic mass is 10.1. The highest BCUT2D eigenvalue weighted by atomic mass is 32.1. The van der Waals surface area contributed by atoms with E-state index in [0.717, 1.165) is 21.2 Å².